The average Bonchev–Trinajstić information content (AvgIpc) is 3.87. The van der Waals surface area contributed by atoms with E-state index >= 15 is 0 Å². The van der Waals surface area contributed by atoms with Crippen LogP contribution in [0.25, 0.3) is 54.8 Å². The summed E-state index contributed by atoms with van der Waals surface area (Å²) >= 11 is 0. The van der Waals surface area contributed by atoms with E-state index in [1.807, 2.05) is 0 Å². The van der Waals surface area contributed by atoms with Gasteiger partial charge in [0.25, 0.3) is 0 Å². The fraction of sp³-hybridized carbons (Fsp3) is 0.333. The van der Waals surface area contributed by atoms with Crippen molar-refractivity contribution in [1.82, 2.24) is 0 Å². The lowest BCUT2D eigenvalue weighted by molar-refractivity contribution is 0.332. The summed E-state index contributed by atoms with van der Waals surface area (Å²) in [6.07, 6.45) is 4.57. The minimum absolute atomic E-state index is 0.000268. The molecule has 5 heteroatoms. The molecule has 2 aliphatic heterocycles. The fourth-order valence-electron chi connectivity index (χ4n) is 13.1. The van der Waals surface area contributed by atoms with Crippen molar-refractivity contribution in [2.45, 2.75) is 136 Å². The molecule has 0 fully saturated rings. The molecule has 2 aliphatic carbocycles. The molecule has 7 aromatic carbocycles. The van der Waals surface area contributed by atoms with Crippen molar-refractivity contribution >= 4 is 90.1 Å². The normalized spacial score (nSPS) is 18.4. The predicted octanol–water partition coefficient (Wildman–Crippen LogP) is 16.5. The van der Waals surface area contributed by atoms with Crippen LogP contribution in [0.3, 0.4) is 0 Å². The third kappa shape index (κ3) is 5.68. The number of aryl methyl sites for hydroxylation is 1. The number of benzene rings is 7. The van der Waals surface area contributed by atoms with Crippen molar-refractivity contribution in [3.8, 4) is 11.1 Å². The summed E-state index contributed by atoms with van der Waals surface area (Å²) in [5.41, 5.74) is 21.6. The minimum atomic E-state index is -0.309. The van der Waals surface area contributed by atoms with Crippen LogP contribution in [0.2, 0.25) is 0 Å². The van der Waals surface area contributed by atoms with Crippen LogP contribution in [0.1, 0.15) is 135 Å². The average molecular weight is 891 g/mol. The van der Waals surface area contributed by atoms with Crippen molar-refractivity contribution in [2.75, 3.05) is 9.71 Å². The number of furan rings is 2. The van der Waals surface area contributed by atoms with Gasteiger partial charge in [0.1, 0.15) is 16.8 Å². The van der Waals surface area contributed by atoms with E-state index in [0.717, 1.165) is 81.3 Å². The van der Waals surface area contributed by atoms with Crippen molar-refractivity contribution < 1.29 is 8.83 Å². The van der Waals surface area contributed by atoms with E-state index in [2.05, 4.69) is 208 Å². The zero-order valence-corrected chi connectivity index (χ0v) is 42.1. The molecule has 0 saturated carbocycles. The van der Waals surface area contributed by atoms with Crippen molar-refractivity contribution in [1.29, 1.82) is 0 Å². The number of hydrogen-bond acceptors (Lipinski definition) is 4. The van der Waals surface area contributed by atoms with Gasteiger partial charge in [0.2, 0.25) is 0 Å². The molecule has 0 spiro atoms. The zero-order chi connectivity index (χ0) is 47.2. The first-order chi connectivity index (χ1) is 32.2. The van der Waals surface area contributed by atoms with Crippen LogP contribution in [0.5, 0.6) is 0 Å². The lowest BCUT2D eigenvalue weighted by Crippen LogP contribution is -2.61. The molecule has 0 bridgehead atoms. The van der Waals surface area contributed by atoms with E-state index < -0.39 is 0 Å². The smallest absolute Gasteiger partial charge is 0.376 e. The van der Waals surface area contributed by atoms with Gasteiger partial charge in [-0.25, -0.2) is 0 Å². The van der Waals surface area contributed by atoms with Gasteiger partial charge in [-0.2, -0.15) is 0 Å². The standard InChI is InChI=1S/C63H63BN2O2/c1-36-31-45-47(62(9,10)29-27-60(45,5)6)34-50(36)65-55-43-33-46-48(63(11,12)30-28-61(46,7)8)35-52(43)68-58(55)64-54-44(32-42-41-19-15-16-20-51(41)67-57(42)56(54)65)53-40-18-14-13-17-37(40)21-26-49(53)66(64)39-24-22-38(23-25-39)59(2,3)4/h13-26,31-35H,27-30H2,1-12H3. The number of rotatable bonds is 2. The van der Waals surface area contributed by atoms with Gasteiger partial charge in [0, 0.05) is 38.8 Å². The van der Waals surface area contributed by atoms with Gasteiger partial charge >= 0.3 is 6.85 Å². The molecule has 4 aliphatic rings. The monoisotopic (exact) mass is 890 g/mol. The molecule has 2 aromatic heterocycles. The molecule has 13 rings (SSSR count). The molecule has 0 N–H and O–H groups in total. The summed E-state index contributed by atoms with van der Waals surface area (Å²) in [6, 6.07) is 44.2. The Hall–Kier alpha value is -6.20. The SMILES string of the molecule is Cc1cc2c(cc1N1c3c(oc4cc5c(cc34)C(C)(C)CCC5(C)C)B3c4c(cc5c(oc6ccccc65)c41)-c1c(ccc4ccccc14)N3c1ccc(C(C)(C)C)cc1)C(C)(C)CCC2(C)C. The molecule has 0 atom stereocenters. The molecule has 0 saturated heterocycles. The first kappa shape index (κ1) is 41.9. The summed E-state index contributed by atoms with van der Waals surface area (Å²) in [5, 5.41) is 5.89. The highest BCUT2D eigenvalue weighted by molar-refractivity contribution is 6.93. The Morgan fingerprint density at radius 3 is 1.81 bits per heavy atom. The Balaban J connectivity index is 1.24. The summed E-state index contributed by atoms with van der Waals surface area (Å²) in [4.78, 5) is 5.23. The Bertz CT molecular complexity index is 3650. The van der Waals surface area contributed by atoms with Gasteiger partial charge in [-0.15, -0.1) is 0 Å². The number of hydrogen-bond donors (Lipinski definition) is 0. The highest BCUT2D eigenvalue weighted by atomic mass is 16.3. The topological polar surface area (TPSA) is 32.8 Å². The molecule has 68 heavy (non-hydrogen) atoms. The summed E-state index contributed by atoms with van der Waals surface area (Å²) in [6.45, 7) is 28.5. The van der Waals surface area contributed by atoms with Crippen molar-refractivity contribution in [2.24, 2.45) is 0 Å². The quantitative estimate of drug-likeness (QED) is 0.162. The Kier molecular flexibility index (Phi) is 8.34. The number of para-hydroxylation sites is 1. The fourth-order valence-corrected chi connectivity index (χ4v) is 13.1. The van der Waals surface area contributed by atoms with E-state index in [1.165, 1.54) is 72.1 Å². The molecule has 0 amide bonds. The maximum absolute atomic E-state index is 7.73. The lowest BCUT2D eigenvalue weighted by Gasteiger charge is -2.45. The number of fused-ring (bicyclic) bond motifs is 14. The third-order valence-corrected chi connectivity index (χ3v) is 17.4. The second kappa shape index (κ2) is 13.5. The van der Waals surface area contributed by atoms with Crippen molar-refractivity contribution in [3.05, 3.63) is 149 Å². The Morgan fingerprint density at radius 1 is 0.529 bits per heavy atom. The van der Waals surface area contributed by atoms with E-state index in [9.17, 15) is 0 Å². The molecule has 0 radical (unpaired) electrons. The van der Waals surface area contributed by atoms with Crippen LogP contribution in [-0.4, -0.2) is 6.85 Å². The van der Waals surface area contributed by atoms with Gasteiger partial charge in [0.05, 0.1) is 11.4 Å². The van der Waals surface area contributed by atoms with Crippen LogP contribution in [0.4, 0.5) is 28.4 Å². The predicted molar refractivity (Wildman–Crippen MR) is 289 cm³/mol. The summed E-state index contributed by atoms with van der Waals surface area (Å²) in [5.74, 6) is 0. The van der Waals surface area contributed by atoms with Gasteiger partial charge in [0.15, 0.2) is 5.58 Å². The van der Waals surface area contributed by atoms with Crippen LogP contribution in [-0.2, 0) is 27.1 Å². The zero-order valence-electron chi connectivity index (χ0n) is 42.1. The minimum Gasteiger partial charge on any atom is -0.466 e. The maximum Gasteiger partial charge on any atom is 0.376 e. The van der Waals surface area contributed by atoms with Crippen LogP contribution < -0.4 is 20.8 Å². The molecule has 340 valence electrons. The first-order valence-corrected chi connectivity index (χ1v) is 25.2. The van der Waals surface area contributed by atoms with Gasteiger partial charge in [-0.3, -0.25) is 0 Å². The Morgan fingerprint density at radius 2 is 1.13 bits per heavy atom. The molecule has 9 aromatic rings. The van der Waals surface area contributed by atoms with Gasteiger partial charge in [-0.05, 0) is 163 Å². The highest BCUT2D eigenvalue weighted by Crippen LogP contribution is 2.57. The molecular weight excluding hydrogens is 828 g/mol. The van der Waals surface area contributed by atoms with Crippen LogP contribution in [0, 0.1) is 6.92 Å². The summed E-state index contributed by atoms with van der Waals surface area (Å²) in [7, 11) is 0. The number of nitrogens with zero attached hydrogens (tertiary/aromatic N) is 2. The lowest BCUT2D eigenvalue weighted by atomic mass is 9.45. The van der Waals surface area contributed by atoms with E-state index in [1.54, 1.807) is 0 Å². The largest absolute Gasteiger partial charge is 0.466 e. The molecule has 0 unspecified atom stereocenters. The second-order valence-electron chi connectivity index (χ2n) is 24.7. The van der Waals surface area contributed by atoms with E-state index in [4.69, 9.17) is 8.83 Å². The Labute approximate surface area is 402 Å². The third-order valence-electron chi connectivity index (χ3n) is 17.4. The summed E-state index contributed by atoms with van der Waals surface area (Å²) < 4.78 is 15.1. The molecular formula is C63H63BN2O2. The van der Waals surface area contributed by atoms with E-state index in [-0.39, 0.29) is 33.9 Å². The van der Waals surface area contributed by atoms with Crippen LogP contribution >= 0.6 is 0 Å². The van der Waals surface area contributed by atoms with Crippen molar-refractivity contribution in [3.63, 3.8) is 0 Å². The van der Waals surface area contributed by atoms with E-state index in [0.29, 0.717) is 0 Å². The van der Waals surface area contributed by atoms with Crippen LogP contribution in [0.15, 0.2) is 124 Å². The molecule has 4 heterocycles. The second-order valence-corrected chi connectivity index (χ2v) is 24.7. The number of anilines is 5. The van der Waals surface area contributed by atoms with Gasteiger partial charge in [-0.1, -0.05) is 143 Å². The maximum atomic E-state index is 7.73. The molecule has 4 nitrogen and oxygen atoms in total. The highest BCUT2D eigenvalue weighted by Gasteiger charge is 2.51. The van der Waals surface area contributed by atoms with Gasteiger partial charge < -0.3 is 18.5 Å². The first-order valence-electron chi connectivity index (χ1n) is 25.2.